The maximum Gasteiger partial charge on any atom is 3.00 e. The fourth-order valence-corrected chi connectivity index (χ4v) is 5.93. The van der Waals surface area contributed by atoms with E-state index in [1.807, 2.05) is 6.92 Å². The molecule has 1 amide bonds. The second kappa shape index (κ2) is 11.2. The monoisotopic (exact) mass is 458 g/mol. The second-order valence-corrected chi connectivity index (χ2v) is 9.54. The Kier molecular flexibility index (Phi) is 12.4. The van der Waals surface area contributed by atoms with Crippen LogP contribution in [-0.2, 0) is 57.4 Å². The van der Waals surface area contributed by atoms with E-state index < -0.39 is 54.9 Å². The molecular formula is C13H25N2O6S2Y. The van der Waals surface area contributed by atoms with Crippen LogP contribution in [-0.4, -0.2) is 61.6 Å². The number of hydrogen-bond acceptors (Lipinski definition) is 6. The molecule has 0 saturated carbocycles. The summed E-state index contributed by atoms with van der Waals surface area (Å²) in [4.78, 5) is 11.9. The number of sulfone groups is 1. The molecule has 1 aliphatic rings. The summed E-state index contributed by atoms with van der Waals surface area (Å²) in [6, 6.07) is 0. The fraction of sp³-hybridized carbons (Fsp3) is 0.692. The Hall–Kier alpha value is 0.394. The van der Waals surface area contributed by atoms with Crippen molar-refractivity contribution < 1.29 is 59.5 Å². The summed E-state index contributed by atoms with van der Waals surface area (Å²) in [6.07, 6.45) is 0.196. The third-order valence-corrected chi connectivity index (χ3v) is 7.76. The number of hydrogen-bond donors (Lipinski definition) is 2. The van der Waals surface area contributed by atoms with E-state index in [0.717, 1.165) is 10.7 Å². The van der Waals surface area contributed by atoms with E-state index >= 15 is 0 Å². The molecule has 11 heteroatoms. The van der Waals surface area contributed by atoms with Crippen LogP contribution >= 0.6 is 0 Å². The first-order valence-electron chi connectivity index (χ1n) is 7.11. The number of nitrogens with one attached hydrogen (secondary N) is 1. The van der Waals surface area contributed by atoms with Gasteiger partial charge in [-0.05, 0) is 12.8 Å². The summed E-state index contributed by atoms with van der Waals surface area (Å²) in [5.41, 5.74) is 1.33. The van der Waals surface area contributed by atoms with Gasteiger partial charge in [-0.25, -0.2) is 22.3 Å². The van der Waals surface area contributed by atoms with Gasteiger partial charge >= 0.3 is 32.7 Å². The van der Waals surface area contributed by atoms with Crippen LogP contribution in [0, 0.1) is 20.8 Å². The minimum absolute atomic E-state index is 0. The zero-order chi connectivity index (χ0) is 18.3. The molecule has 2 N–H and O–H groups in total. The van der Waals surface area contributed by atoms with Crippen molar-refractivity contribution in [3.05, 3.63) is 20.8 Å². The van der Waals surface area contributed by atoms with Gasteiger partial charge in [-0.15, -0.1) is 13.1 Å². The van der Waals surface area contributed by atoms with E-state index in [1.54, 1.807) is 0 Å². The second-order valence-electron chi connectivity index (χ2n) is 4.99. The topological polar surface area (TPSA) is 121 Å². The van der Waals surface area contributed by atoms with Crippen LogP contribution < -0.4 is 5.48 Å². The third-order valence-electron chi connectivity index (χ3n) is 3.48. The first-order chi connectivity index (χ1) is 10.6. The molecule has 1 rings (SSSR count). The molecule has 1 heterocycles. The molecule has 0 aromatic heterocycles. The Balaban J connectivity index is 0. The van der Waals surface area contributed by atoms with Crippen molar-refractivity contribution in [2.45, 2.75) is 30.9 Å². The van der Waals surface area contributed by atoms with Crippen LogP contribution in [0.3, 0.4) is 0 Å². The predicted molar refractivity (Wildman–Crippen MR) is 87.4 cm³/mol. The van der Waals surface area contributed by atoms with Crippen molar-refractivity contribution in [1.29, 1.82) is 0 Å². The van der Waals surface area contributed by atoms with Gasteiger partial charge in [0, 0.05) is 0 Å². The Morgan fingerprint density at radius 3 is 1.88 bits per heavy atom. The summed E-state index contributed by atoms with van der Waals surface area (Å²) >= 11 is 0. The summed E-state index contributed by atoms with van der Waals surface area (Å²) < 4.78 is 46.9. The van der Waals surface area contributed by atoms with Gasteiger partial charge in [0.2, 0.25) is 10.0 Å². The van der Waals surface area contributed by atoms with Crippen LogP contribution in [0.2, 0.25) is 0 Å². The maximum absolute atomic E-state index is 12.6. The van der Waals surface area contributed by atoms with E-state index in [9.17, 15) is 21.6 Å². The Morgan fingerprint density at radius 2 is 1.58 bits per heavy atom. The van der Waals surface area contributed by atoms with Crippen LogP contribution in [0.5, 0.6) is 0 Å². The van der Waals surface area contributed by atoms with Gasteiger partial charge in [-0.1, -0.05) is 6.92 Å². The van der Waals surface area contributed by atoms with Gasteiger partial charge < -0.3 is 20.8 Å². The molecule has 0 aromatic rings. The van der Waals surface area contributed by atoms with Gasteiger partial charge in [-0.3, -0.25) is 14.3 Å². The van der Waals surface area contributed by atoms with Gasteiger partial charge in [-0.2, -0.15) is 6.42 Å². The number of carbonyl (C=O) groups excluding carboxylic acids is 1. The molecule has 0 unspecified atom stereocenters. The molecule has 0 spiro atoms. The van der Waals surface area contributed by atoms with E-state index in [-0.39, 0.29) is 45.8 Å². The number of nitrogens with zero attached hydrogens (tertiary/aromatic N) is 1. The Labute approximate surface area is 170 Å². The first kappa shape index (κ1) is 26.6. The average molecular weight is 458 g/mol. The summed E-state index contributed by atoms with van der Waals surface area (Å²) in [5.74, 6) is -1.98. The summed E-state index contributed by atoms with van der Waals surface area (Å²) in [5, 5.41) is 8.81. The van der Waals surface area contributed by atoms with E-state index in [1.165, 1.54) is 5.48 Å². The molecular weight excluding hydrogens is 433 g/mol. The standard InChI is InChI=1S/C10H18N2O6S2.C3H7.Y/c1-3-12(4-2)20(17,18)10(9(13)11-14)5-7-19(15,16)8-6-10;1-3-2;/h14H,1-8H2,(H,11,13);1,3H2,2H3;/q-2;-1;+3. The van der Waals surface area contributed by atoms with Gasteiger partial charge in [0.25, 0.3) is 5.91 Å². The molecule has 138 valence electrons. The minimum Gasteiger partial charge on any atom is -0.344 e. The predicted octanol–water partition coefficient (Wildman–Crippen LogP) is -0.0328. The molecule has 0 aromatic carbocycles. The van der Waals surface area contributed by atoms with E-state index in [2.05, 4.69) is 20.8 Å². The van der Waals surface area contributed by atoms with Crippen molar-refractivity contribution in [3.8, 4) is 0 Å². The molecule has 1 aliphatic heterocycles. The quantitative estimate of drug-likeness (QED) is 0.339. The van der Waals surface area contributed by atoms with E-state index in [4.69, 9.17) is 5.21 Å². The summed E-state index contributed by atoms with van der Waals surface area (Å²) in [6.45, 7) is 12.1. The van der Waals surface area contributed by atoms with Crippen molar-refractivity contribution in [1.82, 2.24) is 9.79 Å². The average Bonchev–Trinajstić information content (AvgIpc) is 2.48. The van der Waals surface area contributed by atoms with Gasteiger partial charge in [0.1, 0.15) is 9.84 Å². The maximum atomic E-state index is 12.6. The minimum atomic E-state index is -4.18. The molecule has 1 saturated heterocycles. The zero-order valence-electron chi connectivity index (χ0n) is 13.9. The summed E-state index contributed by atoms with van der Waals surface area (Å²) in [7, 11) is -7.55. The van der Waals surface area contributed by atoms with Crippen LogP contribution in [0.25, 0.3) is 0 Å². The smallest absolute Gasteiger partial charge is 0.344 e. The van der Waals surface area contributed by atoms with Gasteiger partial charge in [0.15, 0.2) is 4.75 Å². The molecule has 0 aliphatic carbocycles. The van der Waals surface area contributed by atoms with Crippen molar-refractivity contribution >= 4 is 25.8 Å². The first-order valence-corrected chi connectivity index (χ1v) is 10.4. The van der Waals surface area contributed by atoms with Crippen LogP contribution in [0.1, 0.15) is 26.2 Å². The van der Waals surface area contributed by atoms with E-state index in [0.29, 0.717) is 0 Å². The third kappa shape index (κ3) is 5.98. The Morgan fingerprint density at radius 1 is 1.21 bits per heavy atom. The molecule has 1 fully saturated rings. The van der Waals surface area contributed by atoms with Crippen LogP contribution in [0.4, 0.5) is 0 Å². The molecule has 8 nitrogen and oxygen atoms in total. The number of sulfonamides is 1. The number of carbonyl (C=O) groups is 1. The Bertz CT molecular complexity index is 574. The number of amides is 1. The van der Waals surface area contributed by atoms with Crippen molar-refractivity contribution in [3.63, 3.8) is 0 Å². The van der Waals surface area contributed by atoms with Crippen molar-refractivity contribution in [2.24, 2.45) is 0 Å². The zero-order valence-corrected chi connectivity index (χ0v) is 18.4. The molecule has 24 heavy (non-hydrogen) atoms. The molecule has 0 atom stereocenters. The number of hydroxylamine groups is 1. The molecule has 0 bridgehead atoms. The van der Waals surface area contributed by atoms with Crippen LogP contribution in [0.15, 0.2) is 0 Å². The fourth-order valence-electron chi connectivity index (χ4n) is 2.17. The normalized spacial score (nSPS) is 18.8. The van der Waals surface area contributed by atoms with Gasteiger partial charge in [0.05, 0.1) is 11.5 Å². The SMILES string of the molecule is [CH2-]CC.[CH2-]CN(C[CH2-])S(=O)(=O)C1(C(=O)NO)CCS(=O)(=O)CC1.[Y+3]. The largest absolute Gasteiger partial charge is 3.00 e. The molecule has 0 radical (unpaired) electrons. The number of rotatable bonds is 5. The van der Waals surface area contributed by atoms with Crippen molar-refractivity contribution in [2.75, 3.05) is 24.6 Å².